The maximum absolute atomic E-state index is 11.9. The smallest absolute Gasteiger partial charge is 0.305 e. The number of halogens is 1. The lowest BCUT2D eigenvalue weighted by Crippen LogP contribution is -2.53. The summed E-state index contributed by atoms with van der Waals surface area (Å²) in [5.74, 6) is -0.664. The fourth-order valence-electron chi connectivity index (χ4n) is 2.04. The molecule has 2 heterocycles. The van der Waals surface area contributed by atoms with Crippen molar-refractivity contribution in [2.75, 3.05) is 19.7 Å². The lowest BCUT2D eigenvalue weighted by atomic mass is 10.2. The van der Waals surface area contributed by atoms with Gasteiger partial charge >= 0.3 is 5.91 Å². The van der Waals surface area contributed by atoms with Crippen molar-refractivity contribution in [3.63, 3.8) is 0 Å². The van der Waals surface area contributed by atoms with E-state index in [1.807, 2.05) is 18.7 Å². The monoisotopic (exact) mass is 359 g/mol. The van der Waals surface area contributed by atoms with Gasteiger partial charge in [-0.05, 0) is 41.9 Å². The van der Waals surface area contributed by atoms with Gasteiger partial charge in [-0.15, -0.1) is 0 Å². The van der Waals surface area contributed by atoms with Gasteiger partial charge in [0.25, 0.3) is 5.91 Å². The van der Waals surface area contributed by atoms with E-state index in [1.54, 1.807) is 6.07 Å². The molecule has 1 aliphatic rings. The largest absolute Gasteiger partial charge is 0.444 e. The standard InChI is InChI=1S/C13H18BrN3O4/c1-8-7-20-9(2)5-17(8)6-12(18)15-16-13(19)10-3-4-11(14)21-10/h3-4,8-9H,5-7H2,1-2H3,(H,15,18)(H,16,19)/t8-,9+/m0/s1. The third-order valence-electron chi connectivity index (χ3n) is 3.20. The Morgan fingerprint density at radius 1 is 1.38 bits per heavy atom. The van der Waals surface area contributed by atoms with Crippen LogP contribution < -0.4 is 10.9 Å². The van der Waals surface area contributed by atoms with Crippen LogP contribution >= 0.6 is 15.9 Å². The first-order valence-electron chi connectivity index (χ1n) is 6.66. The summed E-state index contributed by atoms with van der Waals surface area (Å²) < 4.78 is 11.0. The maximum Gasteiger partial charge on any atom is 0.305 e. The molecule has 2 rings (SSSR count). The molecule has 1 fully saturated rings. The molecule has 21 heavy (non-hydrogen) atoms. The molecule has 116 valence electrons. The number of carbonyl (C=O) groups excluding carboxylic acids is 2. The van der Waals surface area contributed by atoms with Crippen LogP contribution in [-0.2, 0) is 9.53 Å². The molecule has 1 aromatic heterocycles. The zero-order valence-corrected chi connectivity index (χ0v) is 13.5. The Kier molecular flexibility index (Phi) is 5.38. The van der Waals surface area contributed by atoms with Crippen molar-refractivity contribution >= 4 is 27.7 Å². The van der Waals surface area contributed by atoms with Crippen LogP contribution in [-0.4, -0.2) is 48.6 Å². The molecule has 0 aliphatic carbocycles. The zero-order chi connectivity index (χ0) is 15.4. The van der Waals surface area contributed by atoms with E-state index in [9.17, 15) is 9.59 Å². The highest BCUT2D eigenvalue weighted by molar-refractivity contribution is 9.10. The van der Waals surface area contributed by atoms with Crippen molar-refractivity contribution < 1.29 is 18.7 Å². The van der Waals surface area contributed by atoms with Crippen molar-refractivity contribution in [1.29, 1.82) is 0 Å². The second-order valence-corrected chi connectivity index (χ2v) is 5.81. The highest BCUT2D eigenvalue weighted by Gasteiger charge is 2.25. The molecule has 2 amide bonds. The first-order chi connectivity index (χ1) is 9.95. The number of amides is 2. The van der Waals surface area contributed by atoms with Gasteiger partial charge in [-0.2, -0.15) is 0 Å². The number of carbonyl (C=O) groups is 2. The fraction of sp³-hybridized carbons (Fsp3) is 0.538. The number of nitrogens with zero attached hydrogens (tertiary/aromatic N) is 1. The first kappa shape index (κ1) is 16.0. The molecule has 0 unspecified atom stereocenters. The van der Waals surface area contributed by atoms with E-state index in [0.717, 1.165) is 0 Å². The molecule has 0 aromatic carbocycles. The Labute approximate surface area is 131 Å². The number of morpholine rings is 1. The predicted molar refractivity (Wildman–Crippen MR) is 78.5 cm³/mol. The molecule has 2 atom stereocenters. The van der Waals surface area contributed by atoms with Gasteiger partial charge in [0.15, 0.2) is 10.4 Å². The van der Waals surface area contributed by atoms with E-state index in [0.29, 0.717) is 17.8 Å². The van der Waals surface area contributed by atoms with Crippen molar-refractivity contribution in [1.82, 2.24) is 15.8 Å². The Morgan fingerprint density at radius 3 is 2.81 bits per heavy atom. The normalized spacial score (nSPS) is 22.8. The first-order valence-corrected chi connectivity index (χ1v) is 7.45. The third-order valence-corrected chi connectivity index (χ3v) is 3.62. The molecule has 1 aromatic rings. The molecule has 0 bridgehead atoms. The summed E-state index contributed by atoms with van der Waals surface area (Å²) >= 11 is 3.11. The topological polar surface area (TPSA) is 83.8 Å². The molecule has 1 aliphatic heterocycles. The van der Waals surface area contributed by atoms with Gasteiger partial charge in [0.1, 0.15) is 0 Å². The molecular formula is C13H18BrN3O4. The summed E-state index contributed by atoms with van der Waals surface area (Å²) in [7, 11) is 0. The summed E-state index contributed by atoms with van der Waals surface area (Å²) in [6.45, 7) is 5.46. The van der Waals surface area contributed by atoms with Crippen molar-refractivity contribution in [3.8, 4) is 0 Å². The molecule has 0 spiro atoms. The minimum atomic E-state index is -0.502. The second-order valence-electron chi connectivity index (χ2n) is 5.03. The second kappa shape index (κ2) is 7.06. The third kappa shape index (κ3) is 4.55. The fourth-order valence-corrected chi connectivity index (χ4v) is 2.35. The summed E-state index contributed by atoms with van der Waals surface area (Å²) in [5, 5.41) is 0. The number of hydrogen-bond acceptors (Lipinski definition) is 5. The van der Waals surface area contributed by atoms with Crippen LogP contribution in [0.2, 0.25) is 0 Å². The van der Waals surface area contributed by atoms with Crippen LogP contribution in [0.4, 0.5) is 0 Å². The van der Waals surface area contributed by atoms with Crippen LogP contribution in [0.1, 0.15) is 24.4 Å². The van der Waals surface area contributed by atoms with Gasteiger partial charge in [0, 0.05) is 12.6 Å². The molecule has 7 nitrogen and oxygen atoms in total. The quantitative estimate of drug-likeness (QED) is 0.783. The number of hydrazine groups is 1. The molecule has 8 heteroatoms. The average Bonchev–Trinajstić information content (AvgIpc) is 2.87. The highest BCUT2D eigenvalue weighted by Crippen LogP contribution is 2.13. The van der Waals surface area contributed by atoms with Crippen LogP contribution in [0.5, 0.6) is 0 Å². The lowest BCUT2D eigenvalue weighted by Gasteiger charge is -2.36. The summed E-state index contributed by atoms with van der Waals surface area (Å²) in [6.07, 6.45) is 0.101. The number of rotatable bonds is 3. The molecule has 1 saturated heterocycles. The Balaban J connectivity index is 1.78. The van der Waals surface area contributed by atoms with Gasteiger partial charge in [-0.1, -0.05) is 0 Å². The average molecular weight is 360 g/mol. The zero-order valence-electron chi connectivity index (χ0n) is 11.9. The number of nitrogens with one attached hydrogen (secondary N) is 2. The van der Waals surface area contributed by atoms with Gasteiger partial charge in [-0.25, -0.2) is 0 Å². The van der Waals surface area contributed by atoms with Crippen molar-refractivity contribution in [2.45, 2.75) is 26.0 Å². The molecule has 2 N–H and O–H groups in total. The van der Waals surface area contributed by atoms with Gasteiger partial charge in [-0.3, -0.25) is 25.3 Å². The van der Waals surface area contributed by atoms with Crippen LogP contribution in [0.25, 0.3) is 0 Å². The van der Waals surface area contributed by atoms with E-state index in [4.69, 9.17) is 9.15 Å². The summed E-state index contributed by atoms with van der Waals surface area (Å²) in [6, 6.07) is 3.29. The Bertz CT molecular complexity index is 519. The van der Waals surface area contributed by atoms with Crippen LogP contribution in [0, 0.1) is 0 Å². The Morgan fingerprint density at radius 2 is 2.14 bits per heavy atom. The maximum atomic E-state index is 11.9. The van der Waals surface area contributed by atoms with Crippen LogP contribution in [0.15, 0.2) is 21.2 Å². The SMILES string of the molecule is C[C@@H]1CN(CC(=O)NNC(=O)c2ccc(Br)o2)[C@@H](C)CO1. The van der Waals surface area contributed by atoms with E-state index in [-0.39, 0.29) is 30.4 Å². The minimum absolute atomic E-state index is 0.101. The molecular weight excluding hydrogens is 342 g/mol. The van der Waals surface area contributed by atoms with Crippen molar-refractivity contribution in [2.24, 2.45) is 0 Å². The number of ether oxygens (including phenoxy) is 1. The molecule has 0 saturated carbocycles. The van der Waals surface area contributed by atoms with Crippen LogP contribution in [0.3, 0.4) is 0 Å². The van der Waals surface area contributed by atoms with Gasteiger partial charge < -0.3 is 9.15 Å². The van der Waals surface area contributed by atoms with E-state index in [1.165, 1.54) is 6.07 Å². The summed E-state index contributed by atoms with van der Waals surface area (Å²) in [5.41, 5.74) is 4.69. The van der Waals surface area contributed by atoms with Gasteiger partial charge in [0.05, 0.1) is 19.3 Å². The van der Waals surface area contributed by atoms with E-state index in [2.05, 4.69) is 26.8 Å². The predicted octanol–water partition coefficient (Wildman–Crippen LogP) is 0.912. The number of furan rings is 1. The van der Waals surface area contributed by atoms with E-state index >= 15 is 0 Å². The lowest BCUT2D eigenvalue weighted by molar-refractivity contribution is -0.126. The van der Waals surface area contributed by atoms with Crippen molar-refractivity contribution in [3.05, 3.63) is 22.6 Å². The number of hydrogen-bond donors (Lipinski definition) is 2. The summed E-state index contributed by atoms with van der Waals surface area (Å²) in [4.78, 5) is 25.6. The van der Waals surface area contributed by atoms with E-state index < -0.39 is 5.91 Å². The van der Waals surface area contributed by atoms with Gasteiger partial charge in [0.2, 0.25) is 0 Å². The highest BCUT2D eigenvalue weighted by atomic mass is 79.9. The minimum Gasteiger partial charge on any atom is -0.444 e. The Hall–Kier alpha value is -1.38. The molecule has 0 radical (unpaired) electrons.